The van der Waals surface area contributed by atoms with Crippen molar-refractivity contribution >= 4 is 34.7 Å². The molecule has 0 aromatic carbocycles. The lowest BCUT2D eigenvalue weighted by atomic mass is 9.62. The third-order valence-electron chi connectivity index (χ3n) is 5.50. The van der Waals surface area contributed by atoms with Crippen molar-refractivity contribution in [2.75, 3.05) is 38.3 Å². The summed E-state index contributed by atoms with van der Waals surface area (Å²) in [7, 11) is 1.73. The van der Waals surface area contributed by atoms with E-state index in [0.717, 1.165) is 25.9 Å². The van der Waals surface area contributed by atoms with Gasteiger partial charge in [0.1, 0.15) is 10.8 Å². The van der Waals surface area contributed by atoms with Crippen LogP contribution < -0.4 is 14.4 Å². The number of hydrogen-bond acceptors (Lipinski definition) is 9. The molecule has 1 aliphatic heterocycles. The van der Waals surface area contributed by atoms with E-state index in [4.69, 9.17) is 37.4 Å². The predicted octanol–water partition coefficient (Wildman–Crippen LogP) is 3.55. The van der Waals surface area contributed by atoms with Crippen molar-refractivity contribution in [3.05, 3.63) is 38.8 Å². The molecule has 166 valence electrons. The largest absolute Gasteiger partial charge is 0.476 e. The van der Waals surface area contributed by atoms with Crippen LogP contribution in [-0.2, 0) is 4.74 Å². The van der Waals surface area contributed by atoms with E-state index in [0.29, 0.717) is 18.3 Å². The molecule has 0 atom stereocenters. The van der Waals surface area contributed by atoms with Crippen LogP contribution in [0.3, 0.4) is 0 Å². The molecule has 3 heterocycles. The fourth-order valence-corrected chi connectivity index (χ4v) is 4.20. The molecule has 0 amide bonds. The minimum absolute atomic E-state index is 0.00468. The average molecular weight is 470 g/mol. The molecule has 1 spiro atoms. The lowest BCUT2D eigenvalue weighted by Crippen LogP contribution is -2.64. The fraction of sp³-hybridized carbons (Fsp3) is 0.526. The van der Waals surface area contributed by atoms with Crippen LogP contribution in [0.4, 0.5) is 11.5 Å². The van der Waals surface area contributed by atoms with Crippen molar-refractivity contribution < 1.29 is 19.1 Å². The summed E-state index contributed by atoms with van der Waals surface area (Å²) in [6, 6.07) is 3.09. The fourth-order valence-electron chi connectivity index (χ4n) is 3.93. The van der Waals surface area contributed by atoms with Gasteiger partial charge in [-0.2, -0.15) is 9.97 Å². The minimum atomic E-state index is -0.502. The Kier molecular flexibility index (Phi) is 6.31. The maximum absolute atomic E-state index is 11.3. The first-order valence-corrected chi connectivity index (χ1v) is 10.5. The number of nitrogens with zero attached hydrogens (tertiary/aromatic N) is 5. The van der Waals surface area contributed by atoms with Gasteiger partial charge in [-0.15, -0.1) is 0 Å². The molecule has 1 aliphatic carbocycles. The molecular formula is C19H21Cl2N5O5. The lowest BCUT2D eigenvalue weighted by molar-refractivity contribution is -0.386. The number of nitro groups is 1. The Hall–Kier alpha value is -2.43. The highest BCUT2D eigenvalue weighted by atomic mass is 35.5. The summed E-state index contributed by atoms with van der Waals surface area (Å²) < 4.78 is 16.4. The van der Waals surface area contributed by atoms with Crippen LogP contribution in [0.2, 0.25) is 10.3 Å². The Morgan fingerprint density at radius 2 is 1.90 bits per heavy atom. The zero-order chi connectivity index (χ0) is 22.0. The van der Waals surface area contributed by atoms with Gasteiger partial charge in [0.15, 0.2) is 0 Å². The van der Waals surface area contributed by atoms with Gasteiger partial charge in [0.25, 0.3) is 5.88 Å². The van der Waals surface area contributed by atoms with Crippen molar-refractivity contribution in [2.24, 2.45) is 5.41 Å². The number of pyridine rings is 1. The second kappa shape index (κ2) is 8.97. The van der Waals surface area contributed by atoms with E-state index in [1.165, 1.54) is 12.3 Å². The summed E-state index contributed by atoms with van der Waals surface area (Å²) in [6.07, 6.45) is 4.20. The Bertz CT molecular complexity index is 965. The van der Waals surface area contributed by atoms with Gasteiger partial charge in [0.05, 0.1) is 30.4 Å². The average Bonchev–Trinajstić information content (AvgIpc) is 2.68. The molecule has 0 radical (unpaired) electrons. The highest BCUT2D eigenvalue weighted by Crippen LogP contribution is 2.50. The second-order valence-electron chi connectivity index (χ2n) is 7.72. The minimum Gasteiger partial charge on any atom is -0.476 e. The molecule has 0 N–H and O–H groups in total. The Balaban J connectivity index is 1.31. The first-order valence-electron chi connectivity index (χ1n) is 9.76. The van der Waals surface area contributed by atoms with E-state index in [1.807, 2.05) is 0 Å². The molecule has 0 bridgehead atoms. The smallest absolute Gasteiger partial charge is 0.331 e. The van der Waals surface area contributed by atoms with Gasteiger partial charge in [-0.05, 0) is 30.5 Å². The SMILES string of the molecule is COC1CC2(C1)CN(c1ccc([N+](=O)[O-])c(OCCCOc3nc(Cl)ncc3Cl)n1)C2. The highest BCUT2D eigenvalue weighted by molar-refractivity contribution is 6.32. The predicted molar refractivity (Wildman–Crippen MR) is 113 cm³/mol. The lowest BCUT2D eigenvalue weighted by Gasteiger charge is -2.58. The van der Waals surface area contributed by atoms with Crippen LogP contribution in [0.5, 0.6) is 11.8 Å². The van der Waals surface area contributed by atoms with Crippen molar-refractivity contribution in [3.63, 3.8) is 0 Å². The number of halogens is 2. The normalized spacial score (nSPS) is 17.2. The number of hydrogen-bond donors (Lipinski definition) is 0. The van der Waals surface area contributed by atoms with E-state index >= 15 is 0 Å². The number of methoxy groups -OCH3 is 1. The monoisotopic (exact) mass is 469 g/mol. The summed E-state index contributed by atoms with van der Waals surface area (Å²) in [5.74, 6) is 0.840. The number of aromatic nitrogens is 3. The molecular weight excluding hydrogens is 449 g/mol. The highest BCUT2D eigenvalue weighted by Gasteiger charge is 2.53. The van der Waals surface area contributed by atoms with Crippen molar-refractivity contribution in [1.82, 2.24) is 15.0 Å². The molecule has 0 unspecified atom stereocenters. The molecule has 2 fully saturated rings. The molecule has 1 saturated carbocycles. The van der Waals surface area contributed by atoms with Gasteiger partial charge in [-0.1, -0.05) is 11.6 Å². The summed E-state index contributed by atoms with van der Waals surface area (Å²) in [5, 5.41) is 11.6. The van der Waals surface area contributed by atoms with Crippen LogP contribution in [0.25, 0.3) is 0 Å². The Labute approximate surface area is 188 Å². The standard InChI is InChI=1S/C19H21Cl2N5O5/c1-29-12-7-19(8-12)10-25(11-19)15-4-3-14(26(27)28)17(23-15)31-6-2-5-30-16-13(20)9-22-18(21)24-16/h3-4,9,12H,2,5-8,10-11H2,1H3. The Morgan fingerprint density at radius 1 is 1.19 bits per heavy atom. The van der Waals surface area contributed by atoms with Crippen molar-refractivity contribution in [2.45, 2.75) is 25.4 Å². The van der Waals surface area contributed by atoms with E-state index in [-0.39, 0.29) is 46.4 Å². The molecule has 31 heavy (non-hydrogen) atoms. The quantitative estimate of drug-likeness (QED) is 0.235. The number of rotatable bonds is 9. The Morgan fingerprint density at radius 3 is 2.58 bits per heavy atom. The maximum atomic E-state index is 11.3. The zero-order valence-corrected chi connectivity index (χ0v) is 18.3. The number of ether oxygens (including phenoxy) is 3. The van der Waals surface area contributed by atoms with Gasteiger partial charge in [-0.3, -0.25) is 10.1 Å². The van der Waals surface area contributed by atoms with Crippen LogP contribution in [-0.4, -0.2) is 59.4 Å². The molecule has 12 heteroatoms. The molecule has 2 aromatic rings. The topological polar surface area (TPSA) is 113 Å². The number of anilines is 1. The van der Waals surface area contributed by atoms with Gasteiger partial charge in [-0.25, -0.2) is 4.98 Å². The molecule has 1 saturated heterocycles. The summed E-state index contributed by atoms with van der Waals surface area (Å²) in [6.45, 7) is 2.14. The van der Waals surface area contributed by atoms with Crippen LogP contribution >= 0.6 is 23.2 Å². The third-order valence-corrected chi connectivity index (χ3v) is 5.94. The van der Waals surface area contributed by atoms with Crippen LogP contribution in [0.15, 0.2) is 18.3 Å². The van der Waals surface area contributed by atoms with E-state index < -0.39 is 4.92 Å². The second-order valence-corrected chi connectivity index (χ2v) is 8.46. The molecule has 2 aliphatic rings. The van der Waals surface area contributed by atoms with Gasteiger partial charge in [0, 0.05) is 38.1 Å². The first-order chi connectivity index (χ1) is 14.9. The first kappa shape index (κ1) is 21.8. The van der Waals surface area contributed by atoms with Crippen LogP contribution in [0, 0.1) is 15.5 Å². The van der Waals surface area contributed by atoms with Crippen molar-refractivity contribution in [3.8, 4) is 11.8 Å². The summed E-state index contributed by atoms with van der Waals surface area (Å²) in [4.78, 5) is 25.0. The molecule has 2 aromatic heterocycles. The van der Waals surface area contributed by atoms with E-state index in [9.17, 15) is 10.1 Å². The van der Waals surface area contributed by atoms with Gasteiger partial charge < -0.3 is 19.1 Å². The zero-order valence-electron chi connectivity index (χ0n) is 16.8. The summed E-state index contributed by atoms with van der Waals surface area (Å²) in [5.41, 5.74) is 0.113. The van der Waals surface area contributed by atoms with E-state index in [1.54, 1.807) is 13.2 Å². The summed E-state index contributed by atoms with van der Waals surface area (Å²) >= 11 is 11.7. The van der Waals surface area contributed by atoms with Crippen molar-refractivity contribution in [1.29, 1.82) is 0 Å². The van der Waals surface area contributed by atoms with Crippen LogP contribution in [0.1, 0.15) is 19.3 Å². The van der Waals surface area contributed by atoms with E-state index in [2.05, 4.69) is 19.9 Å². The van der Waals surface area contributed by atoms with Gasteiger partial charge >= 0.3 is 5.69 Å². The maximum Gasteiger partial charge on any atom is 0.331 e. The third kappa shape index (κ3) is 4.76. The molecule has 4 rings (SSSR count). The molecule has 10 nitrogen and oxygen atoms in total. The van der Waals surface area contributed by atoms with Gasteiger partial charge in [0.2, 0.25) is 11.2 Å².